The van der Waals surface area contributed by atoms with Crippen molar-refractivity contribution in [3.05, 3.63) is 204 Å². The molecule has 0 spiro atoms. The number of esters is 1. The zero-order valence-electron chi connectivity index (χ0n) is 52.8. The highest BCUT2D eigenvalue weighted by Gasteiger charge is 2.44. The molecule has 14 heteroatoms. The molecule has 0 saturated carbocycles. The van der Waals surface area contributed by atoms with Gasteiger partial charge in [-0.1, -0.05) is 144 Å². The first-order chi connectivity index (χ1) is 42.8. The molecule has 11 rings (SSSR count). The first-order valence-corrected chi connectivity index (χ1v) is 31.9. The molecule has 0 radical (unpaired) electrons. The SMILES string of the molecule is CCCCN1/C(=C/C=C2\CCCC(/C=C/C3=[N+](CCCC)c4ccccc4C3(C)C)=C2NCCCCNC(=O)CCC(=O)OCC2(C)Nc3cccc4c(N=Nc5ccc(N=Nc6ccccc6)c6ccccc56)ccc(c34)N2)C(C)(C)c2ccccc21.[I-]. The highest BCUT2D eigenvalue weighted by molar-refractivity contribution is 6.10. The first kappa shape index (κ1) is 63.8. The second-order valence-corrected chi connectivity index (χ2v) is 25.0. The monoisotopic (exact) mass is 1300 g/mol. The maximum absolute atomic E-state index is 13.2. The van der Waals surface area contributed by atoms with Crippen LogP contribution in [0, 0.1) is 0 Å². The molecule has 1 atom stereocenters. The van der Waals surface area contributed by atoms with Crippen molar-refractivity contribution in [3.63, 3.8) is 0 Å². The molecule has 4 N–H and O–H groups in total. The van der Waals surface area contributed by atoms with Crippen LogP contribution in [0.4, 0.5) is 45.5 Å². The zero-order chi connectivity index (χ0) is 61.3. The number of unbranched alkanes of at least 4 members (excludes halogenated alkanes) is 3. The van der Waals surface area contributed by atoms with Gasteiger partial charge < -0.3 is 54.9 Å². The van der Waals surface area contributed by atoms with Crippen molar-refractivity contribution in [1.29, 1.82) is 0 Å². The quantitative estimate of drug-likeness (QED) is 0.0155. The molecular formula is C75H85IN10O3. The van der Waals surface area contributed by atoms with Crippen LogP contribution < -0.4 is 50.1 Å². The van der Waals surface area contributed by atoms with Gasteiger partial charge in [0.05, 0.1) is 34.6 Å². The molecule has 460 valence electrons. The summed E-state index contributed by atoms with van der Waals surface area (Å²) in [4.78, 5) is 28.9. The van der Waals surface area contributed by atoms with Gasteiger partial charge in [-0.3, -0.25) is 9.59 Å². The fourth-order valence-electron chi connectivity index (χ4n) is 13.1. The minimum absolute atomic E-state index is 0. The van der Waals surface area contributed by atoms with E-state index < -0.39 is 11.6 Å². The Morgan fingerprint density at radius 2 is 1.27 bits per heavy atom. The largest absolute Gasteiger partial charge is 1.00 e. The summed E-state index contributed by atoms with van der Waals surface area (Å²) in [6.45, 7) is 19.3. The summed E-state index contributed by atoms with van der Waals surface area (Å²) >= 11 is 0. The van der Waals surface area contributed by atoms with E-state index in [-0.39, 0.29) is 60.2 Å². The van der Waals surface area contributed by atoms with E-state index in [4.69, 9.17) is 15.0 Å². The molecule has 0 fully saturated rings. The molecule has 7 aromatic rings. The number of anilines is 3. The van der Waals surface area contributed by atoms with Gasteiger partial charge in [-0.2, -0.15) is 9.69 Å². The van der Waals surface area contributed by atoms with Gasteiger partial charge in [0.15, 0.2) is 5.71 Å². The Morgan fingerprint density at radius 1 is 0.629 bits per heavy atom. The van der Waals surface area contributed by atoms with Crippen molar-refractivity contribution < 1.29 is 42.9 Å². The lowest BCUT2D eigenvalue weighted by atomic mass is 9.81. The zero-order valence-corrected chi connectivity index (χ0v) is 54.9. The fourth-order valence-corrected chi connectivity index (χ4v) is 13.1. The number of fused-ring (bicyclic) bond motifs is 3. The van der Waals surface area contributed by atoms with Crippen LogP contribution >= 0.6 is 0 Å². The Morgan fingerprint density at radius 3 is 2.02 bits per heavy atom. The minimum atomic E-state index is -0.809. The highest BCUT2D eigenvalue weighted by atomic mass is 127. The van der Waals surface area contributed by atoms with Gasteiger partial charge in [-0.05, 0) is 131 Å². The number of ether oxygens (including phenoxy) is 1. The van der Waals surface area contributed by atoms with Crippen LogP contribution in [0.1, 0.15) is 130 Å². The highest BCUT2D eigenvalue weighted by Crippen LogP contribution is 2.49. The van der Waals surface area contributed by atoms with Crippen molar-refractivity contribution in [2.24, 2.45) is 20.5 Å². The van der Waals surface area contributed by atoms with E-state index in [0.717, 1.165) is 127 Å². The van der Waals surface area contributed by atoms with E-state index in [1.165, 1.54) is 50.8 Å². The molecule has 0 bridgehead atoms. The number of carbonyl (C=O) groups is 2. The molecule has 13 nitrogen and oxygen atoms in total. The summed E-state index contributed by atoms with van der Waals surface area (Å²) in [5.41, 5.74) is 15.7. The Hall–Kier alpha value is -8.24. The number of halogens is 1. The number of para-hydroxylation sites is 2. The van der Waals surface area contributed by atoms with Crippen LogP contribution in [-0.2, 0) is 25.2 Å². The standard InChI is InChI=1S/C75H84N10O3.HI/c1-8-10-49-84-65-35-19-17-32-58(65)73(3,4)67(84)43-37-52-25-23-26-53(38-44-68-74(5,6)59-33-18-20-36-66(59)85(68)50-11-9-2)72(52)77-48-22-21-47-76-69(86)45-46-70(87)88-51-75(7)78-63-34-24-31-57-62(41-42-64(79-75)71(57)63)83-82-61-40-39-60(55-29-15-16-30-56(55)61)81-80-54-27-13-12-14-28-54;/h12-20,24,27-44H,8-11,21-23,25-26,45-51H2,1-7H3,(H3,76,78,79,80,82,86);1H/b52-37+,67-43+;. The van der Waals surface area contributed by atoms with Crippen LogP contribution in [0.5, 0.6) is 0 Å². The van der Waals surface area contributed by atoms with E-state index in [2.05, 4.69) is 155 Å². The lowest BCUT2D eigenvalue weighted by Gasteiger charge is -2.38. The summed E-state index contributed by atoms with van der Waals surface area (Å²) in [6, 6.07) is 49.3. The molecule has 1 unspecified atom stereocenters. The van der Waals surface area contributed by atoms with Crippen molar-refractivity contribution in [2.75, 3.05) is 48.3 Å². The Balaban J connectivity index is 0.00000873. The molecule has 0 aromatic heterocycles. The van der Waals surface area contributed by atoms with E-state index in [0.29, 0.717) is 12.2 Å². The molecule has 3 heterocycles. The number of rotatable bonds is 24. The van der Waals surface area contributed by atoms with Crippen molar-refractivity contribution in [2.45, 2.75) is 136 Å². The van der Waals surface area contributed by atoms with Crippen LogP contribution in [-0.4, -0.2) is 60.6 Å². The van der Waals surface area contributed by atoms with E-state index in [1.54, 1.807) is 0 Å². The molecule has 89 heavy (non-hydrogen) atoms. The molecule has 0 saturated heterocycles. The van der Waals surface area contributed by atoms with Gasteiger partial charge in [0, 0.05) is 106 Å². The number of hydrogen-bond acceptors (Lipinski definition) is 11. The van der Waals surface area contributed by atoms with Crippen LogP contribution in [0.15, 0.2) is 213 Å². The third kappa shape index (κ3) is 14.1. The minimum Gasteiger partial charge on any atom is -1.00 e. The molecule has 1 aliphatic carbocycles. The summed E-state index contributed by atoms with van der Waals surface area (Å²) in [5.74, 6) is -0.598. The number of allylic oxidation sites excluding steroid dienone is 7. The van der Waals surface area contributed by atoms with Gasteiger partial charge in [-0.25, -0.2) is 0 Å². The number of carbonyl (C=O) groups excluding carboxylic acids is 2. The average Bonchev–Trinajstić information content (AvgIpc) is 1.91. The van der Waals surface area contributed by atoms with Crippen molar-refractivity contribution in [3.8, 4) is 0 Å². The number of hydrogen-bond donors (Lipinski definition) is 4. The molecular weight excluding hydrogens is 1220 g/mol. The molecule has 3 aliphatic heterocycles. The second-order valence-electron chi connectivity index (χ2n) is 25.0. The molecule has 4 aliphatic rings. The Labute approximate surface area is 542 Å². The lowest BCUT2D eigenvalue weighted by molar-refractivity contribution is -0.438. The van der Waals surface area contributed by atoms with Gasteiger partial charge in [0.2, 0.25) is 11.6 Å². The lowest BCUT2D eigenvalue weighted by Crippen LogP contribution is -3.00. The number of azo groups is 2. The van der Waals surface area contributed by atoms with Gasteiger partial charge in [0.25, 0.3) is 0 Å². The molecule has 1 amide bonds. The predicted octanol–water partition coefficient (Wildman–Crippen LogP) is 15.5. The maximum Gasteiger partial charge on any atom is 0.306 e. The van der Waals surface area contributed by atoms with E-state index >= 15 is 0 Å². The summed E-state index contributed by atoms with van der Waals surface area (Å²) < 4.78 is 8.39. The average molecular weight is 1300 g/mol. The number of benzene rings is 7. The topological polar surface area (TPSA) is 147 Å². The number of nitrogens with zero attached hydrogens (tertiary/aromatic N) is 6. The van der Waals surface area contributed by atoms with Gasteiger partial charge in [-0.15, -0.1) is 15.3 Å². The Kier molecular flexibility index (Phi) is 20.4. The fraction of sp³-hybridized carbons (Fsp3) is 0.347. The van der Waals surface area contributed by atoms with Crippen LogP contribution in [0.3, 0.4) is 0 Å². The van der Waals surface area contributed by atoms with Crippen molar-refractivity contribution in [1.82, 2.24) is 10.6 Å². The van der Waals surface area contributed by atoms with E-state index in [9.17, 15) is 9.59 Å². The predicted molar refractivity (Wildman–Crippen MR) is 361 cm³/mol. The van der Waals surface area contributed by atoms with Gasteiger partial charge in [0.1, 0.15) is 18.8 Å². The van der Waals surface area contributed by atoms with Gasteiger partial charge >= 0.3 is 5.97 Å². The normalized spacial score (nSPS) is 18.3. The van der Waals surface area contributed by atoms with Crippen LogP contribution in [0.2, 0.25) is 0 Å². The second kappa shape index (κ2) is 28.5. The third-order valence-corrected chi connectivity index (χ3v) is 17.8. The van der Waals surface area contributed by atoms with Crippen LogP contribution in [0.25, 0.3) is 21.5 Å². The van der Waals surface area contributed by atoms with Crippen molar-refractivity contribution >= 4 is 84.6 Å². The smallest absolute Gasteiger partial charge is 0.306 e. The van der Waals surface area contributed by atoms with E-state index in [1.807, 2.05) is 104 Å². The first-order valence-electron chi connectivity index (χ1n) is 31.9. The number of amides is 1. The molecule has 7 aromatic carbocycles. The number of nitrogens with one attached hydrogen (secondary N) is 4. The summed E-state index contributed by atoms with van der Waals surface area (Å²) in [7, 11) is 0. The Bertz CT molecular complexity index is 3960. The maximum atomic E-state index is 13.2. The summed E-state index contributed by atoms with van der Waals surface area (Å²) in [5, 5.41) is 36.4. The third-order valence-electron chi connectivity index (χ3n) is 17.8. The summed E-state index contributed by atoms with van der Waals surface area (Å²) in [6.07, 6.45) is 18.9.